The van der Waals surface area contributed by atoms with Crippen LogP contribution in [0.15, 0.2) is 18.2 Å². The Hall–Kier alpha value is -1.49. The minimum Gasteiger partial charge on any atom is -0.391 e. The average Bonchev–Trinajstić information content (AvgIpc) is 2.60. The molecule has 1 aromatic rings. The van der Waals surface area contributed by atoms with E-state index in [0.29, 0.717) is 12.8 Å². The van der Waals surface area contributed by atoms with Gasteiger partial charge in [0.2, 0.25) is 5.91 Å². The van der Waals surface area contributed by atoms with Crippen molar-refractivity contribution in [2.45, 2.75) is 50.7 Å². The molecule has 5 heteroatoms. The summed E-state index contributed by atoms with van der Waals surface area (Å²) in [5.41, 5.74) is -0.229. The number of hydrogen-bond acceptors (Lipinski definition) is 2. The van der Waals surface area contributed by atoms with Gasteiger partial charge in [-0.2, -0.15) is 0 Å². The summed E-state index contributed by atoms with van der Waals surface area (Å²) in [5.74, 6) is -1.90. The van der Waals surface area contributed by atoms with Gasteiger partial charge < -0.3 is 10.4 Å². The van der Waals surface area contributed by atoms with E-state index in [1.54, 1.807) is 0 Å². The first-order valence-electron chi connectivity index (χ1n) is 6.98. The molecule has 0 radical (unpaired) electrons. The SMILES string of the molecule is O=C(Cc1c(F)cccc1F)NC1CCCCCC1O. The lowest BCUT2D eigenvalue weighted by Crippen LogP contribution is -2.43. The van der Waals surface area contributed by atoms with Gasteiger partial charge >= 0.3 is 0 Å². The number of rotatable bonds is 3. The second kappa shape index (κ2) is 6.79. The molecule has 1 amide bonds. The van der Waals surface area contributed by atoms with E-state index in [1.165, 1.54) is 6.07 Å². The lowest BCUT2D eigenvalue weighted by atomic mass is 10.0. The quantitative estimate of drug-likeness (QED) is 0.836. The zero-order valence-electron chi connectivity index (χ0n) is 11.2. The molecule has 0 aromatic heterocycles. The monoisotopic (exact) mass is 283 g/mol. The predicted octanol–water partition coefficient (Wildman–Crippen LogP) is 2.32. The molecule has 0 saturated heterocycles. The van der Waals surface area contributed by atoms with Gasteiger partial charge in [0.1, 0.15) is 11.6 Å². The molecule has 2 atom stereocenters. The molecule has 1 aromatic carbocycles. The summed E-state index contributed by atoms with van der Waals surface area (Å²) in [7, 11) is 0. The number of aliphatic hydroxyl groups excluding tert-OH is 1. The molecule has 2 rings (SSSR count). The molecule has 0 bridgehead atoms. The molecule has 20 heavy (non-hydrogen) atoms. The van der Waals surface area contributed by atoms with E-state index in [-0.39, 0.29) is 18.0 Å². The Morgan fingerprint density at radius 1 is 1.20 bits per heavy atom. The molecule has 0 heterocycles. The van der Waals surface area contributed by atoms with Gasteiger partial charge in [0.05, 0.1) is 18.6 Å². The van der Waals surface area contributed by atoms with Crippen LogP contribution < -0.4 is 5.32 Å². The Labute approximate surface area is 117 Å². The summed E-state index contributed by atoms with van der Waals surface area (Å²) in [6.45, 7) is 0. The lowest BCUT2D eigenvalue weighted by Gasteiger charge is -2.21. The number of halogens is 2. The second-order valence-corrected chi connectivity index (χ2v) is 5.26. The van der Waals surface area contributed by atoms with Crippen molar-refractivity contribution in [3.8, 4) is 0 Å². The summed E-state index contributed by atoms with van der Waals surface area (Å²) >= 11 is 0. The Balaban J connectivity index is 1.98. The number of carbonyl (C=O) groups is 1. The molecular weight excluding hydrogens is 264 g/mol. The second-order valence-electron chi connectivity index (χ2n) is 5.26. The summed E-state index contributed by atoms with van der Waals surface area (Å²) < 4.78 is 26.9. The van der Waals surface area contributed by atoms with Crippen molar-refractivity contribution in [3.63, 3.8) is 0 Å². The van der Waals surface area contributed by atoms with E-state index in [2.05, 4.69) is 5.32 Å². The summed E-state index contributed by atoms with van der Waals surface area (Å²) in [6, 6.07) is 3.21. The van der Waals surface area contributed by atoms with E-state index >= 15 is 0 Å². The smallest absolute Gasteiger partial charge is 0.224 e. The minimum absolute atomic E-state index is 0.229. The van der Waals surface area contributed by atoms with Crippen molar-refractivity contribution in [2.24, 2.45) is 0 Å². The van der Waals surface area contributed by atoms with E-state index in [9.17, 15) is 18.7 Å². The highest BCUT2D eigenvalue weighted by atomic mass is 19.1. The van der Waals surface area contributed by atoms with Crippen molar-refractivity contribution in [2.75, 3.05) is 0 Å². The van der Waals surface area contributed by atoms with Crippen LogP contribution in [0.2, 0.25) is 0 Å². The minimum atomic E-state index is -0.721. The standard InChI is InChI=1S/C15H19F2NO2/c16-11-5-4-6-12(17)10(11)9-15(20)18-13-7-2-1-3-8-14(13)19/h4-6,13-14,19H,1-3,7-9H2,(H,18,20). The molecule has 1 fully saturated rings. The van der Waals surface area contributed by atoms with Crippen LogP contribution in [0.4, 0.5) is 8.78 Å². The molecule has 3 nitrogen and oxygen atoms in total. The van der Waals surface area contributed by atoms with Gasteiger partial charge in [0, 0.05) is 5.56 Å². The van der Waals surface area contributed by atoms with Gasteiger partial charge in [-0.05, 0) is 25.0 Å². The molecule has 0 spiro atoms. The van der Waals surface area contributed by atoms with Crippen LogP contribution in [-0.2, 0) is 11.2 Å². The maximum Gasteiger partial charge on any atom is 0.224 e. The number of hydrogen-bond donors (Lipinski definition) is 2. The summed E-state index contributed by atoms with van der Waals surface area (Å²) in [5, 5.41) is 12.6. The fourth-order valence-corrected chi connectivity index (χ4v) is 2.58. The van der Waals surface area contributed by atoms with Gasteiger partial charge in [-0.25, -0.2) is 8.78 Å². The van der Waals surface area contributed by atoms with Crippen molar-refractivity contribution in [1.29, 1.82) is 0 Å². The van der Waals surface area contributed by atoms with Crippen LogP contribution in [-0.4, -0.2) is 23.2 Å². The normalized spacial score (nSPS) is 23.1. The van der Waals surface area contributed by atoms with Crippen LogP contribution >= 0.6 is 0 Å². The molecule has 1 saturated carbocycles. The maximum absolute atomic E-state index is 13.5. The number of benzene rings is 1. The molecule has 110 valence electrons. The first-order valence-corrected chi connectivity index (χ1v) is 6.98. The van der Waals surface area contributed by atoms with E-state index < -0.39 is 23.6 Å². The van der Waals surface area contributed by atoms with Crippen molar-refractivity contribution >= 4 is 5.91 Å². The molecule has 1 aliphatic rings. The molecule has 0 aliphatic heterocycles. The zero-order chi connectivity index (χ0) is 14.5. The third kappa shape index (κ3) is 3.76. The van der Waals surface area contributed by atoms with Crippen LogP contribution in [0.5, 0.6) is 0 Å². The van der Waals surface area contributed by atoms with E-state index in [1.807, 2.05) is 0 Å². The average molecular weight is 283 g/mol. The Morgan fingerprint density at radius 2 is 1.85 bits per heavy atom. The van der Waals surface area contributed by atoms with Crippen molar-refractivity contribution in [3.05, 3.63) is 35.4 Å². The van der Waals surface area contributed by atoms with Gasteiger partial charge in [-0.1, -0.05) is 25.3 Å². The fourth-order valence-electron chi connectivity index (χ4n) is 2.58. The summed E-state index contributed by atoms with van der Waals surface area (Å²) in [6.07, 6.45) is 3.34. The Bertz CT molecular complexity index is 459. The topological polar surface area (TPSA) is 49.3 Å². The molecular formula is C15H19F2NO2. The fraction of sp³-hybridized carbons (Fsp3) is 0.533. The Kier molecular flexibility index (Phi) is 5.06. The highest BCUT2D eigenvalue weighted by Crippen LogP contribution is 2.18. The van der Waals surface area contributed by atoms with Crippen molar-refractivity contribution in [1.82, 2.24) is 5.32 Å². The summed E-state index contributed by atoms with van der Waals surface area (Å²) in [4.78, 5) is 11.9. The maximum atomic E-state index is 13.5. The van der Waals surface area contributed by atoms with Gasteiger partial charge in [-0.15, -0.1) is 0 Å². The Morgan fingerprint density at radius 3 is 2.55 bits per heavy atom. The van der Waals surface area contributed by atoms with Crippen LogP contribution in [0.3, 0.4) is 0 Å². The number of aliphatic hydroxyl groups is 1. The number of carbonyl (C=O) groups excluding carboxylic acids is 1. The van der Waals surface area contributed by atoms with E-state index in [4.69, 9.17) is 0 Å². The zero-order valence-corrected chi connectivity index (χ0v) is 11.2. The molecule has 2 unspecified atom stereocenters. The number of nitrogens with one attached hydrogen (secondary N) is 1. The largest absolute Gasteiger partial charge is 0.391 e. The highest BCUT2D eigenvalue weighted by molar-refractivity contribution is 5.79. The van der Waals surface area contributed by atoms with Crippen molar-refractivity contribution < 1.29 is 18.7 Å². The predicted molar refractivity (Wildman–Crippen MR) is 71.1 cm³/mol. The van der Waals surface area contributed by atoms with Gasteiger partial charge in [0.25, 0.3) is 0 Å². The molecule has 1 aliphatic carbocycles. The van der Waals surface area contributed by atoms with Crippen LogP contribution in [0.25, 0.3) is 0 Å². The lowest BCUT2D eigenvalue weighted by molar-refractivity contribution is -0.122. The first kappa shape index (κ1) is 14.9. The highest BCUT2D eigenvalue weighted by Gasteiger charge is 2.24. The third-order valence-electron chi connectivity index (χ3n) is 3.72. The first-order chi connectivity index (χ1) is 9.58. The van der Waals surface area contributed by atoms with Gasteiger partial charge in [0.15, 0.2) is 0 Å². The van der Waals surface area contributed by atoms with Crippen LogP contribution in [0, 0.1) is 11.6 Å². The molecule has 2 N–H and O–H groups in total. The number of amides is 1. The van der Waals surface area contributed by atoms with E-state index in [0.717, 1.165) is 31.4 Å². The third-order valence-corrected chi connectivity index (χ3v) is 3.72. The van der Waals surface area contributed by atoms with Gasteiger partial charge in [-0.3, -0.25) is 4.79 Å². The van der Waals surface area contributed by atoms with Crippen LogP contribution in [0.1, 0.15) is 37.7 Å².